The van der Waals surface area contributed by atoms with E-state index in [9.17, 15) is 4.79 Å². The van der Waals surface area contributed by atoms with E-state index in [1.54, 1.807) is 0 Å². The van der Waals surface area contributed by atoms with E-state index in [4.69, 9.17) is 10.5 Å². The molecule has 3 rings (SSSR count). The molecule has 0 bridgehead atoms. The van der Waals surface area contributed by atoms with Crippen molar-refractivity contribution in [2.45, 2.75) is 45.6 Å². The third-order valence-electron chi connectivity index (χ3n) is 4.42. The molecule has 0 aliphatic heterocycles. The minimum absolute atomic E-state index is 0.0417. The van der Waals surface area contributed by atoms with E-state index in [0.29, 0.717) is 19.4 Å². The Morgan fingerprint density at radius 1 is 1.17 bits per heavy atom. The second-order valence-corrected chi connectivity index (χ2v) is 10.2. The average molecular weight is 459 g/mol. The zero-order valence-corrected chi connectivity index (χ0v) is 18.9. The summed E-state index contributed by atoms with van der Waals surface area (Å²) in [6.45, 7) is 6.22. The molecule has 6 nitrogen and oxygen atoms in total. The summed E-state index contributed by atoms with van der Waals surface area (Å²) in [6.07, 6.45) is 2.05. The van der Waals surface area contributed by atoms with Crippen LogP contribution in [0.15, 0.2) is 42.5 Å². The van der Waals surface area contributed by atoms with Crippen molar-refractivity contribution in [2.75, 3.05) is 11.9 Å². The maximum absolute atomic E-state index is 12.6. The molecule has 3 N–H and O–H groups in total. The van der Waals surface area contributed by atoms with E-state index >= 15 is 0 Å². The van der Waals surface area contributed by atoms with Gasteiger partial charge in [0.15, 0.2) is 0 Å². The molecule has 154 valence electrons. The molecular formula is C22H28N4O2Se. The number of fused-ring (bicyclic) bond motifs is 1. The van der Waals surface area contributed by atoms with Crippen LogP contribution in [0.3, 0.4) is 0 Å². The first-order valence-corrected chi connectivity index (χ1v) is 11.6. The molecule has 0 radical (unpaired) electrons. The summed E-state index contributed by atoms with van der Waals surface area (Å²) < 4.78 is 7.40. The fourth-order valence-corrected chi connectivity index (χ4v) is 4.85. The molecule has 0 aliphatic rings. The summed E-state index contributed by atoms with van der Waals surface area (Å²) in [7, 11) is 0. The molecule has 1 atom stereocenters. The number of carbonyl (C=O) groups excluding carboxylic acids is 1. The number of carbonyl (C=O) groups is 1. The Bertz CT molecular complexity index is 959. The quantitative estimate of drug-likeness (QED) is 0.395. The number of nitrogens with zero attached hydrogens (tertiary/aromatic N) is 2. The SMILES string of the molecule is CC(C)(C)OC(=O)C(CCCN)Cc1nnc(Nc2cccc3ccccc23)[se]1. The molecule has 0 saturated heterocycles. The van der Waals surface area contributed by atoms with Crippen LogP contribution in [-0.4, -0.2) is 42.8 Å². The van der Waals surface area contributed by atoms with Gasteiger partial charge in [0, 0.05) is 0 Å². The predicted octanol–water partition coefficient (Wildman–Crippen LogP) is 3.67. The van der Waals surface area contributed by atoms with Gasteiger partial charge in [-0.1, -0.05) is 0 Å². The first-order chi connectivity index (χ1) is 13.9. The van der Waals surface area contributed by atoms with Gasteiger partial charge < -0.3 is 0 Å². The third-order valence-corrected chi connectivity index (χ3v) is 6.22. The van der Waals surface area contributed by atoms with Crippen LogP contribution in [0.5, 0.6) is 0 Å². The van der Waals surface area contributed by atoms with Crippen LogP contribution in [0, 0.1) is 5.92 Å². The van der Waals surface area contributed by atoms with Crippen LogP contribution in [0.25, 0.3) is 10.8 Å². The Hall–Kier alpha value is -2.21. The van der Waals surface area contributed by atoms with Gasteiger partial charge in [-0.05, 0) is 0 Å². The van der Waals surface area contributed by atoms with Gasteiger partial charge in [-0.25, -0.2) is 0 Å². The molecular weight excluding hydrogens is 431 g/mol. The molecule has 7 heteroatoms. The number of hydrogen-bond acceptors (Lipinski definition) is 6. The van der Waals surface area contributed by atoms with Crippen molar-refractivity contribution in [3.05, 3.63) is 47.0 Å². The van der Waals surface area contributed by atoms with Gasteiger partial charge in [0.1, 0.15) is 0 Å². The molecule has 1 aromatic heterocycles. The van der Waals surface area contributed by atoms with Crippen molar-refractivity contribution in [1.29, 1.82) is 0 Å². The summed E-state index contributed by atoms with van der Waals surface area (Å²) in [6, 6.07) is 14.4. The molecule has 3 aromatic rings. The second-order valence-electron chi connectivity index (χ2n) is 8.02. The van der Waals surface area contributed by atoms with E-state index in [0.717, 1.165) is 26.8 Å². The Balaban J connectivity index is 1.72. The zero-order chi connectivity index (χ0) is 20.9. The van der Waals surface area contributed by atoms with Crippen LogP contribution in [0.4, 0.5) is 10.4 Å². The van der Waals surface area contributed by atoms with Crippen LogP contribution in [-0.2, 0) is 16.0 Å². The number of nitrogens with two attached hydrogens (primary N) is 1. The summed E-state index contributed by atoms with van der Waals surface area (Å²) in [5.41, 5.74) is 6.17. The maximum atomic E-state index is 12.6. The molecule has 0 fully saturated rings. The van der Waals surface area contributed by atoms with Gasteiger partial charge in [-0.15, -0.1) is 0 Å². The van der Waals surface area contributed by atoms with Crippen molar-refractivity contribution >= 4 is 41.6 Å². The number of hydrogen-bond donors (Lipinski definition) is 2. The van der Waals surface area contributed by atoms with E-state index in [1.165, 1.54) is 5.39 Å². The standard InChI is InChI=1S/C22H28N4O2Se/c1-22(2,3)28-20(27)16(10-7-13-23)14-19-25-26-21(29-19)24-18-12-6-9-15-8-4-5-11-17(15)18/h4-6,8-9,11-12,16H,7,10,13-14,23H2,1-3H3,(H,24,26). The number of aromatic nitrogens is 2. The van der Waals surface area contributed by atoms with Crippen LogP contribution in [0.1, 0.15) is 38.2 Å². The van der Waals surface area contributed by atoms with E-state index in [-0.39, 0.29) is 26.4 Å². The molecule has 0 amide bonds. The first-order valence-electron chi connectivity index (χ1n) is 9.86. The fourth-order valence-electron chi connectivity index (χ4n) is 3.10. The van der Waals surface area contributed by atoms with E-state index in [2.05, 4.69) is 33.7 Å². The molecule has 1 heterocycles. The Labute approximate surface area is 177 Å². The van der Waals surface area contributed by atoms with Gasteiger partial charge in [-0.2, -0.15) is 0 Å². The van der Waals surface area contributed by atoms with Crippen molar-refractivity contribution in [3.8, 4) is 0 Å². The van der Waals surface area contributed by atoms with Crippen LogP contribution < -0.4 is 11.1 Å². The van der Waals surface area contributed by atoms with Crippen molar-refractivity contribution in [2.24, 2.45) is 11.7 Å². The van der Waals surface area contributed by atoms with Gasteiger partial charge >= 0.3 is 178 Å². The average Bonchev–Trinajstić information content (AvgIpc) is 3.11. The predicted molar refractivity (Wildman–Crippen MR) is 118 cm³/mol. The van der Waals surface area contributed by atoms with Crippen LogP contribution >= 0.6 is 0 Å². The Morgan fingerprint density at radius 2 is 1.93 bits per heavy atom. The van der Waals surface area contributed by atoms with Crippen molar-refractivity contribution in [1.82, 2.24) is 10.2 Å². The molecule has 1 unspecified atom stereocenters. The van der Waals surface area contributed by atoms with Gasteiger partial charge in [0.2, 0.25) is 0 Å². The van der Waals surface area contributed by atoms with Crippen LogP contribution in [0.2, 0.25) is 0 Å². The number of anilines is 2. The summed E-state index contributed by atoms with van der Waals surface area (Å²) in [4.78, 5) is 12.6. The number of esters is 1. The number of ether oxygens (including phenoxy) is 1. The zero-order valence-electron chi connectivity index (χ0n) is 17.1. The Morgan fingerprint density at radius 3 is 2.69 bits per heavy atom. The summed E-state index contributed by atoms with van der Waals surface area (Å²) in [5.74, 6) is -0.412. The van der Waals surface area contributed by atoms with Gasteiger partial charge in [0.05, 0.1) is 0 Å². The molecule has 29 heavy (non-hydrogen) atoms. The monoisotopic (exact) mass is 460 g/mol. The van der Waals surface area contributed by atoms with E-state index in [1.807, 2.05) is 45.0 Å². The summed E-state index contributed by atoms with van der Waals surface area (Å²) >= 11 is -0.0417. The Kier molecular flexibility index (Phi) is 7.06. The van der Waals surface area contributed by atoms with Crippen molar-refractivity contribution in [3.63, 3.8) is 0 Å². The van der Waals surface area contributed by atoms with E-state index < -0.39 is 5.60 Å². The molecule has 2 aromatic carbocycles. The molecule has 0 saturated carbocycles. The number of nitrogens with one attached hydrogen (secondary N) is 1. The fraction of sp³-hybridized carbons (Fsp3) is 0.409. The van der Waals surface area contributed by atoms with Gasteiger partial charge in [-0.3, -0.25) is 0 Å². The minimum atomic E-state index is -0.502. The topological polar surface area (TPSA) is 90.1 Å². The number of rotatable bonds is 8. The first kappa shape index (κ1) is 21.5. The second kappa shape index (κ2) is 9.53. The summed E-state index contributed by atoms with van der Waals surface area (Å²) in [5, 5.41) is 14.4. The molecule has 0 aliphatic carbocycles. The van der Waals surface area contributed by atoms with Gasteiger partial charge in [0.25, 0.3) is 0 Å². The number of benzene rings is 2. The molecule has 0 spiro atoms. The normalized spacial score (nSPS) is 12.7. The third kappa shape index (κ3) is 6.13. The van der Waals surface area contributed by atoms with Crippen molar-refractivity contribution < 1.29 is 9.53 Å².